The first-order chi connectivity index (χ1) is 19.2. The number of aliphatic hydroxyl groups is 1. The Bertz CT molecular complexity index is 1420. The van der Waals surface area contributed by atoms with Crippen LogP contribution in [0.5, 0.6) is 5.75 Å². The largest absolute Gasteiger partial charge is 0.462 e. The van der Waals surface area contributed by atoms with Crippen molar-refractivity contribution in [2.45, 2.75) is 63.9 Å². The van der Waals surface area contributed by atoms with Crippen LogP contribution in [0.15, 0.2) is 36.7 Å². The quantitative estimate of drug-likeness (QED) is 0.218. The Hall–Kier alpha value is -3.36. The van der Waals surface area contributed by atoms with Crippen molar-refractivity contribution in [3.63, 3.8) is 0 Å². The number of benzene rings is 1. The maximum absolute atomic E-state index is 16.0. The summed E-state index contributed by atoms with van der Waals surface area (Å²) in [5, 5.41) is 13.5. The number of nitrogens with one attached hydrogen (secondary N) is 1. The number of aromatic nitrogens is 4. The molecule has 6 atom stereocenters. The summed E-state index contributed by atoms with van der Waals surface area (Å²) in [4.78, 5) is 26.8. The lowest BCUT2D eigenvalue weighted by molar-refractivity contribution is -0.149. The summed E-state index contributed by atoms with van der Waals surface area (Å²) in [5.74, 6) is -0.135. The van der Waals surface area contributed by atoms with E-state index in [1.54, 1.807) is 63.2 Å². The topological polar surface area (TPSA) is 176 Å². The minimum Gasteiger partial charge on any atom is -0.462 e. The van der Waals surface area contributed by atoms with Crippen molar-refractivity contribution in [3.8, 4) is 5.75 Å². The Kier molecular flexibility index (Phi) is 8.85. The minimum atomic E-state index is -4.28. The van der Waals surface area contributed by atoms with Crippen LogP contribution in [0, 0.1) is 0 Å². The van der Waals surface area contributed by atoms with Crippen LogP contribution in [0.25, 0.3) is 11.2 Å². The van der Waals surface area contributed by atoms with Crippen LogP contribution in [-0.4, -0.2) is 81.3 Å². The number of nitrogens with zero attached hydrogens (tertiary/aromatic N) is 5. The molecule has 3 heterocycles. The molecule has 0 bridgehead atoms. The van der Waals surface area contributed by atoms with Crippen molar-refractivity contribution in [2.24, 2.45) is 0 Å². The van der Waals surface area contributed by atoms with Gasteiger partial charge in [0, 0.05) is 14.1 Å². The van der Waals surface area contributed by atoms with Crippen molar-refractivity contribution in [3.05, 3.63) is 36.7 Å². The summed E-state index contributed by atoms with van der Waals surface area (Å²) < 4.78 is 53.4. The molecular weight excluding hydrogens is 560 g/mol. The summed E-state index contributed by atoms with van der Waals surface area (Å²) in [5.41, 5.74) is 4.07. The number of halogens is 1. The number of hydrogen-bond acceptors (Lipinski definition) is 12. The first kappa shape index (κ1) is 30.6. The molecule has 0 saturated carbocycles. The fourth-order valence-corrected chi connectivity index (χ4v) is 5.76. The van der Waals surface area contributed by atoms with Gasteiger partial charge in [-0.25, -0.2) is 13.9 Å². The third-order valence-electron chi connectivity index (χ3n) is 6.25. The van der Waals surface area contributed by atoms with E-state index in [-0.39, 0.29) is 17.3 Å². The maximum Gasteiger partial charge on any atom is 0.459 e. The van der Waals surface area contributed by atoms with E-state index >= 15 is 4.39 Å². The second kappa shape index (κ2) is 11.9. The average Bonchev–Trinajstić information content (AvgIpc) is 3.40. The second-order valence-electron chi connectivity index (χ2n) is 10.3. The smallest absolute Gasteiger partial charge is 0.459 e. The molecule has 41 heavy (non-hydrogen) atoms. The number of hydrogen-bond donors (Lipinski definition) is 3. The van der Waals surface area contributed by atoms with Gasteiger partial charge >= 0.3 is 13.7 Å². The normalized spacial score (nSPS) is 24.8. The van der Waals surface area contributed by atoms with Crippen molar-refractivity contribution in [1.29, 1.82) is 0 Å². The van der Waals surface area contributed by atoms with Gasteiger partial charge in [0.2, 0.25) is 5.95 Å². The van der Waals surface area contributed by atoms with Crippen molar-refractivity contribution < 1.29 is 37.4 Å². The summed E-state index contributed by atoms with van der Waals surface area (Å²) in [7, 11) is -0.793. The Morgan fingerprint density at radius 1 is 1.29 bits per heavy atom. The molecule has 2 aromatic heterocycles. The Morgan fingerprint density at radius 3 is 2.61 bits per heavy atom. The molecule has 16 heteroatoms. The van der Waals surface area contributed by atoms with E-state index in [4.69, 9.17) is 24.3 Å². The van der Waals surface area contributed by atoms with Gasteiger partial charge in [0.15, 0.2) is 28.9 Å². The van der Waals surface area contributed by atoms with Crippen LogP contribution in [0.4, 0.5) is 16.2 Å². The fraction of sp³-hybridized carbons (Fsp3) is 0.520. The van der Waals surface area contributed by atoms with Crippen LogP contribution in [0.2, 0.25) is 0 Å². The number of nitrogen functional groups attached to an aromatic ring is 1. The van der Waals surface area contributed by atoms with E-state index in [9.17, 15) is 14.5 Å². The highest BCUT2D eigenvalue weighted by molar-refractivity contribution is 7.52. The molecule has 14 nitrogen and oxygen atoms in total. The van der Waals surface area contributed by atoms with Crippen LogP contribution in [0.1, 0.15) is 33.9 Å². The molecule has 4 N–H and O–H groups in total. The van der Waals surface area contributed by atoms with Crippen LogP contribution < -0.4 is 20.2 Å². The van der Waals surface area contributed by atoms with Crippen molar-refractivity contribution >= 4 is 36.6 Å². The predicted octanol–water partition coefficient (Wildman–Crippen LogP) is 2.59. The number of carbonyl (C=O) groups excluding carboxylic acids is 1. The first-order valence-corrected chi connectivity index (χ1v) is 14.4. The zero-order chi connectivity index (χ0) is 30.1. The molecule has 2 unspecified atom stereocenters. The zero-order valence-corrected chi connectivity index (χ0v) is 24.5. The number of aliphatic hydroxyl groups excluding tert-OH is 1. The first-order valence-electron chi connectivity index (χ1n) is 12.9. The lowest BCUT2D eigenvalue weighted by Crippen LogP contribution is -2.41. The number of rotatable bonds is 11. The summed E-state index contributed by atoms with van der Waals surface area (Å²) >= 11 is 0. The Morgan fingerprint density at radius 2 is 1.98 bits per heavy atom. The second-order valence-corrected chi connectivity index (χ2v) is 12.0. The van der Waals surface area contributed by atoms with E-state index in [0.29, 0.717) is 11.3 Å². The molecule has 1 fully saturated rings. The van der Waals surface area contributed by atoms with Gasteiger partial charge in [0.25, 0.3) is 0 Å². The molecule has 1 aliphatic rings. The lowest BCUT2D eigenvalue weighted by atomic mass is 9.98. The minimum absolute atomic E-state index is 0.0582. The van der Waals surface area contributed by atoms with Crippen LogP contribution >= 0.6 is 7.75 Å². The molecule has 4 rings (SSSR count). The number of anilines is 2. The van der Waals surface area contributed by atoms with Crippen molar-refractivity contribution in [2.75, 3.05) is 31.3 Å². The van der Waals surface area contributed by atoms with Gasteiger partial charge < -0.3 is 29.7 Å². The van der Waals surface area contributed by atoms with E-state index in [2.05, 4.69) is 20.0 Å². The summed E-state index contributed by atoms with van der Waals surface area (Å²) in [6, 6.07) is 7.06. The third-order valence-corrected chi connectivity index (χ3v) is 7.89. The van der Waals surface area contributed by atoms with E-state index in [1.807, 2.05) is 0 Å². The maximum atomic E-state index is 16.0. The van der Waals surface area contributed by atoms with Gasteiger partial charge in [-0.05, 0) is 39.8 Å². The number of alkyl halides is 1. The Balaban J connectivity index is 1.57. The molecule has 0 spiro atoms. The molecule has 0 amide bonds. The highest BCUT2D eigenvalue weighted by atomic mass is 31.2. The molecule has 1 saturated heterocycles. The zero-order valence-electron chi connectivity index (χ0n) is 23.6. The number of fused-ring (bicyclic) bond motifs is 1. The van der Waals surface area contributed by atoms with Gasteiger partial charge in [-0.2, -0.15) is 15.1 Å². The molecule has 3 aromatic rings. The van der Waals surface area contributed by atoms with Crippen LogP contribution in [0.3, 0.4) is 0 Å². The molecule has 1 aliphatic heterocycles. The van der Waals surface area contributed by atoms with Gasteiger partial charge in [-0.15, -0.1) is 0 Å². The SMILES string of the molecule is CC(C)OC(=O)[C@H](C)NP(=O)(OCC1O[C@@H](n2cnc3c(N(C)C)nc(N)nc32)[C@](C)(F)[C@@H]1O)Oc1ccccc1. The molecule has 1 aromatic carbocycles. The number of carbonyl (C=O) groups is 1. The monoisotopic (exact) mass is 595 g/mol. The van der Waals surface area contributed by atoms with Gasteiger partial charge in [-0.1, -0.05) is 18.2 Å². The Labute approximate surface area is 236 Å². The van der Waals surface area contributed by atoms with Gasteiger partial charge in [-0.3, -0.25) is 13.9 Å². The van der Waals surface area contributed by atoms with E-state index < -0.39 is 56.6 Å². The van der Waals surface area contributed by atoms with E-state index in [1.165, 1.54) is 17.8 Å². The third kappa shape index (κ3) is 6.60. The van der Waals surface area contributed by atoms with Crippen molar-refractivity contribution in [1.82, 2.24) is 24.6 Å². The number of nitrogens with two attached hydrogens (primary N) is 1. The lowest BCUT2D eigenvalue weighted by Gasteiger charge is -2.25. The molecule has 0 radical (unpaired) electrons. The molecule has 0 aliphatic carbocycles. The van der Waals surface area contributed by atoms with Crippen LogP contribution in [-0.2, 0) is 23.4 Å². The van der Waals surface area contributed by atoms with Gasteiger partial charge in [0.05, 0.1) is 19.0 Å². The number of imidazole rings is 1. The molecule has 224 valence electrons. The highest BCUT2D eigenvalue weighted by Crippen LogP contribution is 2.48. The summed E-state index contributed by atoms with van der Waals surface area (Å²) in [6.45, 7) is 5.39. The van der Waals surface area contributed by atoms with Gasteiger partial charge in [0.1, 0.15) is 24.0 Å². The number of ether oxygens (including phenoxy) is 2. The van der Waals surface area contributed by atoms with E-state index in [0.717, 1.165) is 6.92 Å². The standard InChI is InChI=1S/C25H35FN7O7P/c1-14(2)38-22(35)15(3)31-41(36,40-16-10-8-7-9-11-16)37-12-17-19(34)25(4,26)23(39-17)33-13-28-18-20(32(5)6)29-24(27)30-21(18)33/h7-11,13-15,17,19,23,34H,12H2,1-6H3,(H,31,36)(H2,27,29,30)/t15-,17?,19+,23+,25+,41?/m0/s1. The molecular formula is C25H35FN7O7P. The fourth-order valence-electron chi connectivity index (χ4n) is 4.26. The highest BCUT2D eigenvalue weighted by Gasteiger charge is 2.56. The average molecular weight is 596 g/mol. The summed E-state index contributed by atoms with van der Waals surface area (Å²) in [6.07, 6.45) is -3.50. The number of esters is 1. The predicted molar refractivity (Wildman–Crippen MR) is 148 cm³/mol. The number of para-hydroxylation sites is 1.